The van der Waals surface area contributed by atoms with Crippen LogP contribution in [0.1, 0.15) is 17.4 Å². The van der Waals surface area contributed by atoms with Crippen LogP contribution in [0.5, 0.6) is 5.75 Å². The average Bonchev–Trinajstić information content (AvgIpc) is 2.86. The number of methoxy groups -OCH3 is 1. The minimum absolute atomic E-state index is 0.0954. The molecule has 0 fully saturated rings. The number of benzene rings is 1. The van der Waals surface area contributed by atoms with Crippen molar-refractivity contribution in [3.63, 3.8) is 0 Å². The Kier molecular flexibility index (Phi) is 3.92. The fourth-order valence-electron chi connectivity index (χ4n) is 1.69. The first-order valence-electron chi connectivity index (χ1n) is 5.69. The maximum absolute atomic E-state index is 13.9. The number of esters is 1. The number of carbonyl (C=O) groups excluding carboxylic acids is 1. The highest BCUT2D eigenvalue weighted by Gasteiger charge is 2.25. The normalized spacial score (nSPS) is 10.4. The van der Waals surface area contributed by atoms with Crippen LogP contribution in [0, 0.1) is 11.6 Å². The Balaban J connectivity index is 2.58. The number of carbonyl (C=O) groups is 1. The molecule has 20 heavy (non-hydrogen) atoms. The van der Waals surface area contributed by atoms with Gasteiger partial charge in [-0.2, -0.15) is 10.3 Å². The molecule has 2 rings (SSSR count). The van der Waals surface area contributed by atoms with Crippen molar-refractivity contribution >= 4 is 5.97 Å². The van der Waals surface area contributed by atoms with E-state index in [9.17, 15) is 13.6 Å². The van der Waals surface area contributed by atoms with Gasteiger partial charge in [-0.25, -0.2) is 13.6 Å². The minimum Gasteiger partial charge on any atom is -0.496 e. The monoisotopic (exact) mass is 283 g/mol. The van der Waals surface area contributed by atoms with E-state index in [-0.39, 0.29) is 29.3 Å². The number of hydrogen-bond acceptors (Lipinski definition) is 5. The van der Waals surface area contributed by atoms with E-state index in [4.69, 9.17) is 9.47 Å². The molecule has 0 aliphatic carbocycles. The van der Waals surface area contributed by atoms with Crippen molar-refractivity contribution in [3.05, 3.63) is 29.5 Å². The van der Waals surface area contributed by atoms with Gasteiger partial charge < -0.3 is 9.47 Å². The summed E-state index contributed by atoms with van der Waals surface area (Å²) < 4.78 is 36.8. The lowest BCUT2D eigenvalue weighted by atomic mass is 10.1. The molecule has 0 aliphatic heterocycles. The summed E-state index contributed by atoms with van der Waals surface area (Å²) in [5.74, 6) is -2.57. The highest BCUT2D eigenvalue weighted by atomic mass is 19.1. The van der Waals surface area contributed by atoms with Crippen LogP contribution >= 0.6 is 0 Å². The number of aromatic amines is 1. The van der Waals surface area contributed by atoms with E-state index in [1.54, 1.807) is 6.92 Å². The third kappa shape index (κ3) is 2.44. The summed E-state index contributed by atoms with van der Waals surface area (Å²) in [7, 11) is 1.25. The van der Waals surface area contributed by atoms with Gasteiger partial charge in [-0.3, -0.25) is 0 Å². The van der Waals surface area contributed by atoms with Crippen LogP contribution in [0.3, 0.4) is 0 Å². The molecule has 8 heteroatoms. The molecule has 0 aliphatic rings. The van der Waals surface area contributed by atoms with Crippen molar-refractivity contribution in [2.24, 2.45) is 0 Å². The van der Waals surface area contributed by atoms with E-state index in [0.717, 1.165) is 6.07 Å². The molecule has 0 atom stereocenters. The predicted molar refractivity (Wildman–Crippen MR) is 64.2 cm³/mol. The molecular formula is C12H11F2N3O3. The Bertz CT molecular complexity index is 643. The molecular weight excluding hydrogens is 272 g/mol. The molecule has 1 aromatic carbocycles. The first kappa shape index (κ1) is 13.9. The van der Waals surface area contributed by atoms with Gasteiger partial charge in [0.1, 0.15) is 23.1 Å². The van der Waals surface area contributed by atoms with E-state index >= 15 is 0 Å². The van der Waals surface area contributed by atoms with Crippen molar-refractivity contribution in [2.75, 3.05) is 13.7 Å². The third-order valence-electron chi connectivity index (χ3n) is 2.49. The molecule has 2 aromatic rings. The van der Waals surface area contributed by atoms with E-state index in [0.29, 0.717) is 6.07 Å². The van der Waals surface area contributed by atoms with Crippen molar-refractivity contribution < 1.29 is 23.0 Å². The highest BCUT2D eigenvalue weighted by molar-refractivity contribution is 5.94. The van der Waals surface area contributed by atoms with Gasteiger partial charge in [-0.15, -0.1) is 5.10 Å². The van der Waals surface area contributed by atoms with Crippen LogP contribution in [0.25, 0.3) is 11.3 Å². The summed E-state index contributed by atoms with van der Waals surface area (Å²) in [5, 5.41) is 9.55. The number of nitrogens with one attached hydrogen (secondary N) is 1. The number of halogens is 2. The predicted octanol–water partition coefficient (Wildman–Crippen LogP) is 1.94. The first-order chi connectivity index (χ1) is 9.58. The zero-order chi connectivity index (χ0) is 14.7. The van der Waals surface area contributed by atoms with Gasteiger partial charge in [0, 0.05) is 12.1 Å². The van der Waals surface area contributed by atoms with Crippen molar-refractivity contribution in [3.8, 4) is 17.0 Å². The van der Waals surface area contributed by atoms with Gasteiger partial charge in [0.05, 0.1) is 19.3 Å². The lowest BCUT2D eigenvalue weighted by Gasteiger charge is -2.08. The topological polar surface area (TPSA) is 77.1 Å². The maximum atomic E-state index is 13.9. The van der Waals surface area contributed by atoms with Gasteiger partial charge >= 0.3 is 5.97 Å². The fraction of sp³-hybridized carbons (Fsp3) is 0.250. The van der Waals surface area contributed by atoms with Gasteiger partial charge in [0.25, 0.3) is 0 Å². The van der Waals surface area contributed by atoms with Crippen LogP contribution in [0.2, 0.25) is 0 Å². The molecule has 0 spiro atoms. The molecule has 106 valence electrons. The third-order valence-corrected chi connectivity index (χ3v) is 2.49. The molecule has 1 N–H and O–H groups in total. The first-order valence-corrected chi connectivity index (χ1v) is 5.69. The number of aromatic nitrogens is 3. The second-order valence-corrected chi connectivity index (χ2v) is 3.71. The Morgan fingerprint density at radius 1 is 1.35 bits per heavy atom. The summed E-state index contributed by atoms with van der Waals surface area (Å²) in [6.45, 7) is 1.75. The molecule has 0 bridgehead atoms. The number of rotatable bonds is 4. The van der Waals surface area contributed by atoms with E-state index in [1.165, 1.54) is 7.11 Å². The van der Waals surface area contributed by atoms with E-state index in [1.807, 2.05) is 0 Å². The van der Waals surface area contributed by atoms with Gasteiger partial charge in [0.2, 0.25) is 0 Å². The highest BCUT2D eigenvalue weighted by Crippen LogP contribution is 2.33. The Hall–Kier alpha value is -2.51. The zero-order valence-electron chi connectivity index (χ0n) is 10.7. The lowest BCUT2D eigenvalue weighted by molar-refractivity contribution is 0.0520. The van der Waals surface area contributed by atoms with Crippen LogP contribution in [-0.2, 0) is 4.74 Å². The SMILES string of the molecule is CCOC(=O)c1n[nH]nc1-c1c(F)cc(F)cc1OC. The van der Waals surface area contributed by atoms with Gasteiger partial charge in [-0.05, 0) is 6.92 Å². The molecule has 0 saturated carbocycles. The van der Waals surface area contributed by atoms with Crippen LogP contribution < -0.4 is 4.74 Å². The molecule has 0 amide bonds. The lowest BCUT2D eigenvalue weighted by Crippen LogP contribution is -2.07. The van der Waals surface area contributed by atoms with E-state index < -0.39 is 17.6 Å². The molecule has 0 saturated heterocycles. The number of hydrogen-bond donors (Lipinski definition) is 1. The standard InChI is InChI=1S/C12H11F2N3O3/c1-3-20-12(18)11-10(15-17-16-11)9-7(14)4-6(13)5-8(9)19-2/h4-5H,3H2,1-2H3,(H,15,16,17). The molecule has 1 heterocycles. The minimum atomic E-state index is -0.915. The molecule has 0 radical (unpaired) electrons. The summed E-state index contributed by atoms with van der Waals surface area (Å²) in [5.41, 5.74) is -0.459. The maximum Gasteiger partial charge on any atom is 0.361 e. The molecule has 0 unspecified atom stereocenters. The second-order valence-electron chi connectivity index (χ2n) is 3.71. The Morgan fingerprint density at radius 2 is 2.10 bits per heavy atom. The number of nitrogens with zero attached hydrogens (tertiary/aromatic N) is 2. The largest absolute Gasteiger partial charge is 0.496 e. The summed E-state index contributed by atoms with van der Waals surface area (Å²) >= 11 is 0. The quantitative estimate of drug-likeness (QED) is 0.868. The number of H-pyrrole nitrogens is 1. The zero-order valence-corrected chi connectivity index (χ0v) is 10.7. The van der Waals surface area contributed by atoms with Crippen molar-refractivity contribution in [1.29, 1.82) is 0 Å². The summed E-state index contributed by atoms with van der Waals surface area (Å²) in [6.07, 6.45) is 0. The summed E-state index contributed by atoms with van der Waals surface area (Å²) in [6, 6.07) is 1.66. The Labute approximate surface area is 112 Å². The van der Waals surface area contributed by atoms with Crippen molar-refractivity contribution in [1.82, 2.24) is 15.4 Å². The second kappa shape index (κ2) is 5.64. The fourth-order valence-corrected chi connectivity index (χ4v) is 1.69. The van der Waals surface area contributed by atoms with Gasteiger partial charge in [-0.1, -0.05) is 0 Å². The van der Waals surface area contributed by atoms with Crippen LogP contribution in [-0.4, -0.2) is 35.1 Å². The number of ether oxygens (including phenoxy) is 2. The Morgan fingerprint density at radius 3 is 2.75 bits per heavy atom. The molecule has 1 aromatic heterocycles. The van der Waals surface area contributed by atoms with Crippen LogP contribution in [0.4, 0.5) is 8.78 Å². The molecule has 6 nitrogen and oxygen atoms in total. The average molecular weight is 283 g/mol. The smallest absolute Gasteiger partial charge is 0.361 e. The van der Waals surface area contributed by atoms with Crippen molar-refractivity contribution in [2.45, 2.75) is 6.92 Å². The van der Waals surface area contributed by atoms with E-state index in [2.05, 4.69) is 15.4 Å². The van der Waals surface area contributed by atoms with Crippen LogP contribution in [0.15, 0.2) is 12.1 Å². The summed E-state index contributed by atoms with van der Waals surface area (Å²) in [4.78, 5) is 11.7. The van der Waals surface area contributed by atoms with Gasteiger partial charge in [0.15, 0.2) is 5.69 Å².